The highest BCUT2D eigenvalue weighted by molar-refractivity contribution is 5.95. The van der Waals surface area contributed by atoms with Crippen molar-refractivity contribution in [2.45, 2.75) is 45.7 Å². The van der Waals surface area contributed by atoms with Gasteiger partial charge in [0.1, 0.15) is 11.9 Å². The van der Waals surface area contributed by atoms with Crippen LogP contribution >= 0.6 is 0 Å². The molecule has 1 N–H and O–H groups in total. The summed E-state index contributed by atoms with van der Waals surface area (Å²) >= 11 is 0. The molecule has 1 aliphatic heterocycles. The number of rotatable bonds is 7. The molecule has 0 unspecified atom stereocenters. The van der Waals surface area contributed by atoms with Gasteiger partial charge in [-0.3, -0.25) is 14.2 Å². The highest BCUT2D eigenvalue weighted by Crippen LogP contribution is 2.16. The average Bonchev–Trinajstić information content (AvgIpc) is 3.19. The minimum absolute atomic E-state index is 0.120. The quantitative estimate of drug-likeness (QED) is 0.676. The molecule has 0 bridgehead atoms. The van der Waals surface area contributed by atoms with Crippen LogP contribution in [0, 0.1) is 5.92 Å². The lowest BCUT2D eigenvalue weighted by molar-refractivity contribution is -0.145. The van der Waals surface area contributed by atoms with Gasteiger partial charge in [0, 0.05) is 13.0 Å². The topological polar surface area (TPSA) is 117 Å². The molecule has 1 aliphatic rings. The summed E-state index contributed by atoms with van der Waals surface area (Å²) in [6.07, 6.45) is 1.99. The Bertz CT molecular complexity index is 1040. The number of esters is 2. The summed E-state index contributed by atoms with van der Waals surface area (Å²) in [5.41, 5.74) is 0.498. The fourth-order valence-corrected chi connectivity index (χ4v) is 3.49. The van der Waals surface area contributed by atoms with E-state index in [9.17, 15) is 19.2 Å². The van der Waals surface area contributed by atoms with Crippen LogP contribution in [0.5, 0.6) is 0 Å². The number of nitrogens with one attached hydrogen (secondary N) is 1. The highest BCUT2D eigenvalue weighted by Gasteiger charge is 2.23. The van der Waals surface area contributed by atoms with Gasteiger partial charge in [-0.2, -0.15) is 0 Å². The largest absolute Gasteiger partial charge is 0.467 e. The third kappa shape index (κ3) is 4.67. The van der Waals surface area contributed by atoms with Gasteiger partial charge in [-0.15, -0.1) is 0 Å². The number of carbonyl (C=O) groups is 3. The van der Waals surface area contributed by atoms with Gasteiger partial charge in [-0.05, 0) is 37.0 Å². The first-order valence-electron chi connectivity index (χ1n) is 9.88. The molecule has 0 saturated heterocycles. The maximum Gasteiger partial charge on any atom is 0.338 e. The van der Waals surface area contributed by atoms with Gasteiger partial charge in [-0.25, -0.2) is 14.6 Å². The van der Waals surface area contributed by atoms with Gasteiger partial charge < -0.3 is 14.8 Å². The number of fused-ring (bicyclic) bond motifs is 2. The molecule has 30 heavy (non-hydrogen) atoms. The molecule has 0 spiro atoms. The van der Waals surface area contributed by atoms with E-state index >= 15 is 0 Å². The number of hydrogen-bond donors (Lipinski definition) is 1. The summed E-state index contributed by atoms with van der Waals surface area (Å²) in [5.74, 6) is -1.01. The van der Waals surface area contributed by atoms with Gasteiger partial charge in [0.25, 0.3) is 11.5 Å². The van der Waals surface area contributed by atoms with Crippen LogP contribution in [0.25, 0.3) is 10.9 Å². The van der Waals surface area contributed by atoms with Crippen molar-refractivity contribution in [2.24, 2.45) is 5.92 Å². The Balaban J connectivity index is 1.66. The van der Waals surface area contributed by atoms with Crippen LogP contribution in [0.4, 0.5) is 0 Å². The molecule has 2 heterocycles. The number of amides is 1. The second-order valence-electron chi connectivity index (χ2n) is 7.67. The third-order valence-corrected chi connectivity index (χ3v) is 4.91. The monoisotopic (exact) mass is 415 g/mol. The second-order valence-corrected chi connectivity index (χ2v) is 7.67. The molecule has 0 radical (unpaired) electrons. The van der Waals surface area contributed by atoms with Crippen molar-refractivity contribution < 1.29 is 23.9 Å². The number of aryl methyl sites for hydroxylation is 1. The van der Waals surface area contributed by atoms with E-state index in [0.29, 0.717) is 29.7 Å². The number of aromatic nitrogens is 2. The molecule has 0 aliphatic carbocycles. The summed E-state index contributed by atoms with van der Waals surface area (Å²) in [5, 5.41) is 2.96. The van der Waals surface area contributed by atoms with Gasteiger partial charge in [0.2, 0.25) is 0 Å². The van der Waals surface area contributed by atoms with E-state index in [2.05, 4.69) is 10.3 Å². The Morgan fingerprint density at radius 1 is 1.27 bits per heavy atom. The minimum atomic E-state index is -0.804. The first-order chi connectivity index (χ1) is 14.3. The van der Waals surface area contributed by atoms with E-state index in [1.54, 1.807) is 10.6 Å². The minimum Gasteiger partial charge on any atom is -0.467 e. The smallest absolute Gasteiger partial charge is 0.338 e. The summed E-state index contributed by atoms with van der Waals surface area (Å²) in [6.45, 7) is 3.94. The zero-order chi connectivity index (χ0) is 21.8. The van der Waals surface area contributed by atoms with Crippen LogP contribution in [-0.2, 0) is 32.0 Å². The van der Waals surface area contributed by atoms with Crippen LogP contribution in [0.2, 0.25) is 0 Å². The standard InChI is InChI=1S/C21H25N3O6/c1-12(2)9-16(21(28)29-3)23-18(25)11-30-20(27)13-6-7-14-15(10-13)22-17-5-4-8-24(17)19(14)26/h6-7,10,12,16H,4-5,8-9,11H2,1-3H3,(H,23,25)/t16-/m1/s1. The van der Waals surface area contributed by atoms with Crippen LogP contribution in [0.3, 0.4) is 0 Å². The van der Waals surface area contributed by atoms with Crippen LogP contribution in [0.15, 0.2) is 23.0 Å². The van der Waals surface area contributed by atoms with E-state index in [0.717, 1.165) is 12.8 Å². The lowest BCUT2D eigenvalue weighted by atomic mass is 10.0. The fourth-order valence-electron chi connectivity index (χ4n) is 3.49. The molecule has 0 saturated carbocycles. The molecule has 160 valence electrons. The zero-order valence-electron chi connectivity index (χ0n) is 17.3. The molecule has 2 aromatic rings. The number of methoxy groups -OCH3 is 1. The first kappa shape index (κ1) is 21.5. The number of hydrogen-bond acceptors (Lipinski definition) is 7. The van der Waals surface area contributed by atoms with E-state index in [1.165, 1.54) is 19.2 Å². The maximum absolute atomic E-state index is 12.5. The van der Waals surface area contributed by atoms with Crippen molar-refractivity contribution in [1.29, 1.82) is 0 Å². The van der Waals surface area contributed by atoms with Crippen LogP contribution < -0.4 is 10.9 Å². The summed E-state index contributed by atoms with van der Waals surface area (Å²) in [7, 11) is 1.25. The molecule has 1 aromatic carbocycles. The Morgan fingerprint density at radius 3 is 2.73 bits per heavy atom. The average molecular weight is 415 g/mol. The van der Waals surface area contributed by atoms with Gasteiger partial charge in [0.15, 0.2) is 6.61 Å². The SMILES string of the molecule is COC(=O)[C@@H](CC(C)C)NC(=O)COC(=O)c1ccc2c(=O)n3c(nc2c1)CCC3. The van der Waals surface area contributed by atoms with Crippen molar-refractivity contribution >= 4 is 28.7 Å². The first-order valence-corrected chi connectivity index (χ1v) is 9.88. The Labute approximate surface area is 173 Å². The maximum atomic E-state index is 12.5. The van der Waals surface area contributed by atoms with Gasteiger partial charge in [-0.1, -0.05) is 13.8 Å². The lowest BCUT2D eigenvalue weighted by Crippen LogP contribution is -2.44. The summed E-state index contributed by atoms with van der Waals surface area (Å²) in [4.78, 5) is 53.2. The third-order valence-electron chi connectivity index (χ3n) is 4.91. The molecular formula is C21H25N3O6. The van der Waals surface area contributed by atoms with Crippen molar-refractivity contribution in [2.75, 3.05) is 13.7 Å². The van der Waals surface area contributed by atoms with Crippen LogP contribution in [0.1, 0.15) is 42.9 Å². The molecule has 1 amide bonds. The number of carbonyl (C=O) groups excluding carboxylic acids is 3. The predicted molar refractivity (Wildman–Crippen MR) is 108 cm³/mol. The molecule has 0 fully saturated rings. The number of nitrogens with zero attached hydrogens (tertiary/aromatic N) is 2. The van der Waals surface area contributed by atoms with Crippen molar-refractivity contribution in [3.05, 3.63) is 39.9 Å². The highest BCUT2D eigenvalue weighted by atomic mass is 16.5. The van der Waals surface area contributed by atoms with E-state index < -0.39 is 30.5 Å². The van der Waals surface area contributed by atoms with Crippen molar-refractivity contribution in [1.82, 2.24) is 14.9 Å². The lowest BCUT2D eigenvalue weighted by Gasteiger charge is -2.18. The number of benzene rings is 1. The molecular weight excluding hydrogens is 390 g/mol. The van der Waals surface area contributed by atoms with Gasteiger partial charge >= 0.3 is 11.9 Å². The van der Waals surface area contributed by atoms with Crippen LogP contribution in [-0.4, -0.2) is 47.2 Å². The normalized spacial score (nSPS) is 13.7. The molecule has 9 nitrogen and oxygen atoms in total. The number of ether oxygens (including phenoxy) is 2. The van der Waals surface area contributed by atoms with Crippen molar-refractivity contribution in [3.63, 3.8) is 0 Å². The zero-order valence-corrected chi connectivity index (χ0v) is 17.3. The predicted octanol–water partition coefficient (Wildman–Crippen LogP) is 1.20. The fraction of sp³-hybridized carbons (Fsp3) is 0.476. The summed E-state index contributed by atoms with van der Waals surface area (Å²) < 4.78 is 11.4. The Kier molecular flexibility index (Phi) is 6.49. The summed E-state index contributed by atoms with van der Waals surface area (Å²) in [6, 6.07) is 3.71. The Morgan fingerprint density at radius 2 is 2.03 bits per heavy atom. The van der Waals surface area contributed by atoms with E-state index in [1.807, 2.05) is 13.8 Å². The molecule has 1 atom stereocenters. The second kappa shape index (κ2) is 9.06. The Hall–Kier alpha value is -3.23. The molecule has 3 rings (SSSR count). The molecule has 1 aromatic heterocycles. The van der Waals surface area contributed by atoms with Crippen molar-refractivity contribution in [3.8, 4) is 0 Å². The van der Waals surface area contributed by atoms with Gasteiger partial charge in [0.05, 0.1) is 23.6 Å². The molecule has 9 heteroatoms. The van der Waals surface area contributed by atoms with E-state index in [4.69, 9.17) is 9.47 Å². The van der Waals surface area contributed by atoms with E-state index in [-0.39, 0.29) is 17.0 Å².